The van der Waals surface area contributed by atoms with Crippen molar-refractivity contribution >= 4 is 17.7 Å². The molecule has 0 aliphatic rings. The van der Waals surface area contributed by atoms with E-state index in [1.54, 1.807) is 6.08 Å². The maximum absolute atomic E-state index is 12.2. The number of allylic oxidation sites excluding steroid dienone is 8. The molecule has 0 aliphatic heterocycles. The Morgan fingerprint density at radius 3 is 1.70 bits per heavy atom. The molecule has 0 bridgehead atoms. The van der Waals surface area contributed by atoms with Crippen LogP contribution in [0, 0.1) is 5.92 Å². The van der Waals surface area contributed by atoms with Crippen LogP contribution in [0.4, 0.5) is 0 Å². The average Bonchev–Trinajstić information content (AvgIpc) is 3.09. The summed E-state index contributed by atoms with van der Waals surface area (Å²) in [5.74, 6) is -0.0553. The number of carbonyl (C=O) groups excluding carboxylic acids is 3. The molecule has 0 rings (SSSR count). The minimum absolute atomic E-state index is 0.0574. The summed E-state index contributed by atoms with van der Waals surface area (Å²) < 4.78 is 10.5. The maximum atomic E-state index is 12.2. The van der Waals surface area contributed by atoms with Crippen molar-refractivity contribution in [2.45, 2.75) is 194 Å². The van der Waals surface area contributed by atoms with Gasteiger partial charge in [-0.3, -0.25) is 14.4 Å². The summed E-state index contributed by atoms with van der Waals surface area (Å²) in [6, 6.07) is 0. The molecule has 6 heteroatoms. The molecular formula is C44H76O6. The molecule has 1 atom stereocenters. The van der Waals surface area contributed by atoms with Crippen LogP contribution in [0.1, 0.15) is 188 Å². The van der Waals surface area contributed by atoms with E-state index >= 15 is 0 Å². The van der Waals surface area contributed by atoms with Gasteiger partial charge in [0.15, 0.2) is 11.9 Å². The molecule has 6 nitrogen and oxygen atoms in total. The number of hydrogen-bond donors (Lipinski definition) is 1. The van der Waals surface area contributed by atoms with Crippen molar-refractivity contribution in [1.82, 2.24) is 0 Å². The largest absolute Gasteiger partial charge is 0.462 e. The number of aliphatic hydroxyl groups is 1. The number of unbranched alkanes of at least 4 members (excludes halogenated alkanes) is 17. The van der Waals surface area contributed by atoms with Crippen molar-refractivity contribution < 1.29 is 29.0 Å². The zero-order valence-corrected chi connectivity index (χ0v) is 32.6. The van der Waals surface area contributed by atoms with Crippen LogP contribution in [0.2, 0.25) is 0 Å². The van der Waals surface area contributed by atoms with Crippen molar-refractivity contribution in [2.75, 3.05) is 13.2 Å². The third-order valence-electron chi connectivity index (χ3n) is 8.78. The molecule has 1 N–H and O–H groups in total. The number of aliphatic hydroxyl groups excluding tert-OH is 1. The molecule has 50 heavy (non-hydrogen) atoms. The quantitative estimate of drug-likeness (QED) is 0.0230. The number of ether oxygens (including phenoxy) is 2. The summed E-state index contributed by atoms with van der Waals surface area (Å²) in [4.78, 5) is 36.3. The lowest BCUT2D eigenvalue weighted by molar-refractivity contribution is -0.161. The van der Waals surface area contributed by atoms with Crippen molar-refractivity contribution in [3.63, 3.8) is 0 Å². The third kappa shape index (κ3) is 36.8. The lowest BCUT2D eigenvalue weighted by atomic mass is 10.0. The van der Waals surface area contributed by atoms with Crippen molar-refractivity contribution in [3.8, 4) is 0 Å². The molecule has 0 aliphatic carbocycles. The number of rotatable bonds is 36. The smallest absolute Gasteiger partial charge is 0.306 e. The molecule has 0 unspecified atom stereocenters. The Kier molecular flexibility index (Phi) is 35.9. The fourth-order valence-electron chi connectivity index (χ4n) is 5.63. The van der Waals surface area contributed by atoms with E-state index in [9.17, 15) is 19.5 Å². The highest BCUT2D eigenvalue weighted by Crippen LogP contribution is 2.15. The average molecular weight is 701 g/mol. The second-order valence-corrected chi connectivity index (χ2v) is 14.2. The van der Waals surface area contributed by atoms with E-state index in [-0.39, 0.29) is 31.2 Å². The molecule has 0 aromatic carbocycles. The highest BCUT2D eigenvalue weighted by Gasteiger charge is 2.16. The van der Waals surface area contributed by atoms with E-state index in [0.717, 1.165) is 44.4 Å². The Morgan fingerprint density at radius 2 is 1.12 bits per heavy atom. The molecule has 0 aromatic rings. The molecule has 288 valence electrons. The minimum atomic E-state index is -0.886. The summed E-state index contributed by atoms with van der Waals surface area (Å²) in [7, 11) is 0. The van der Waals surface area contributed by atoms with Crippen LogP contribution in [0.15, 0.2) is 48.6 Å². The first kappa shape index (κ1) is 47.5. The van der Waals surface area contributed by atoms with Gasteiger partial charge in [-0.05, 0) is 50.5 Å². The second-order valence-electron chi connectivity index (χ2n) is 14.2. The predicted octanol–water partition coefficient (Wildman–Crippen LogP) is 12.0. The van der Waals surface area contributed by atoms with Crippen LogP contribution in [-0.2, 0) is 23.9 Å². The zero-order chi connectivity index (χ0) is 36.8. The lowest BCUT2D eigenvalue weighted by Crippen LogP contribution is -2.28. The first-order valence-electron chi connectivity index (χ1n) is 20.5. The van der Waals surface area contributed by atoms with Gasteiger partial charge in [0.2, 0.25) is 0 Å². The molecule has 0 saturated heterocycles. The Bertz CT molecular complexity index is 915. The van der Waals surface area contributed by atoms with E-state index in [1.807, 2.05) is 12.2 Å². The Morgan fingerprint density at radius 1 is 0.580 bits per heavy atom. The van der Waals surface area contributed by atoms with Crippen LogP contribution in [0.3, 0.4) is 0 Å². The summed E-state index contributed by atoms with van der Waals surface area (Å²) in [6.07, 6.45) is 43.1. The van der Waals surface area contributed by atoms with Crippen molar-refractivity contribution in [1.29, 1.82) is 0 Å². The van der Waals surface area contributed by atoms with Gasteiger partial charge in [0, 0.05) is 19.3 Å². The van der Waals surface area contributed by atoms with Gasteiger partial charge in [-0.25, -0.2) is 0 Å². The van der Waals surface area contributed by atoms with Crippen LogP contribution in [0.25, 0.3) is 0 Å². The van der Waals surface area contributed by atoms with Crippen LogP contribution in [-0.4, -0.2) is 42.1 Å². The van der Waals surface area contributed by atoms with E-state index < -0.39 is 18.7 Å². The molecule has 0 radical (unpaired) electrons. The fourth-order valence-corrected chi connectivity index (χ4v) is 5.63. The molecule has 0 heterocycles. The van der Waals surface area contributed by atoms with Crippen LogP contribution in [0.5, 0.6) is 0 Å². The van der Waals surface area contributed by atoms with E-state index in [0.29, 0.717) is 12.8 Å². The molecular weight excluding hydrogens is 624 g/mol. The Labute approximate surface area is 307 Å². The van der Waals surface area contributed by atoms with Gasteiger partial charge in [-0.2, -0.15) is 0 Å². The van der Waals surface area contributed by atoms with Gasteiger partial charge in [-0.15, -0.1) is 0 Å². The van der Waals surface area contributed by atoms with Gasteiger partial charge in [0.25, 0.3) is 0 Å². The lowest BCUT2D eigenvalue weighted by Gasteiger charge is -2.15. The second kappa shape index (κ2) is 37.8. The van der Waals surface area contributed by atoms with Crippen molar-refractivity contribution in [3.05, 3.63) is 48.6 Å². The summed E-state index contributed by atoms with van der Waals surface area (Å²) >= 11 is 0. The zero-order valence-electron chi connectivity index (χ0n) is 32.6. The molecule has 0 fully saturated rings. The highest BCUT2D eigenvalue weighted by atomic mass is 16.6. The number of ketones is 1. The SMILES string of the molecule is CCCCC/C=C\C/C=C\C/C=C\C=C\C(=O)CCCC(=O)O[C@@H](CO)COC(=O)CCCCCCCCCCCCCCCCCC(C)C. The molecule has 0 aromatic heterocycles. The van der Waals surface area contributed by atoms with Crippen LogP contribution >= 0.6 is 0 Å². The monoisotopic (exact) mass is 701 g/mol. The summed E-state index contributed by atoms with van der Waals surface area (Å²) in [6.45, 7) is 6.26. The van der Waals surface area contributed by atoms with Gasteiger partial charge in [0.1, 0.15) is 6.61 Å². The number of carbonyl (C=O) groups is 3. The van der Waals surface area contributed by atoms with E-state index in [1.165, 1.54) is 109 Å². The third-order valence-corrected chi connectivity index (χ3v) is 8.78. The molecule has 0 saturated carbocycles. The topological polar surface area (TPSA) is 89.9 Å². The van der Waals surface area contributed by atoms with E-state index in [4.69, 9.17) is 9.47 Å². The number of hydrogen-bond acceptors (Lipinski definition) is 6. The van der Waals surface area contributed by atoms with Gasteiger partial charge < -0.3 is 14.6 Å². The summed E-state index contributed by atoms with van der Waals surface area (Å²) in [5, 5.41) is 9.54. The molecule has 0 amide bonds. The van der Waals surface area contributed by atoms with Gasteiger partial charge >= 0.3 is 11.9 Å². The van der Waals surface area contributed by atoms with E-state index in [2.05, 4.69) is 45.1 Å². The highest BCUT2D eigenvalue weighted by molar-refractivity contribution is 5.90. The van der Waals surface area contributed by atoms with Crippen molar-refractivity contribution in [2.24, 2.45) is 5.92 Å². The minimum Gasteiger partial charge on any atom is -0.462 e. The standard InChI is InChI=1S/C44H76O6/c1-4-5-6-7-8-9-10-14-18-21-24-27-30-34-41(46)35-32-37-44(48)50-42(38-45)39-49-43(47)36-31-28-25-22-19-16-13-11-12-15-17-20-23-26-29-33-40(2)3/h8-9,14,18,24,27,30,34,40,42,45H,4-7,10-13,15-17,19-23,25-26,28-29,31-33,35-39H2,1-3H3/b9-8-,18-14-,27-24-,34-30+/t42-/m0/s1. The van der Waals surface area contributed by atoms with Crippen LogP contribution < -0.4 is 0 Å². The first-order valence-corrected chi connectivity index (χ1v) is 20.5. The maximum Gasteiger partial charge on any atom is 0.306 e. The number of esters is 2. The van der Waals surface area contributed by atoms with Gasteiger partial charge in [0.05, 0.1) is 6.61 Å². The summed E-state index contributed by atoms with van der Waals surface area (Å²) in [5.41, 5.74) is 0. The van der Waals surface area contributed by atoms with Gasteiger partial charge in [-0.1, -0.05) is 172 Å². The normalized spacial score (nSPS) is 12.7. The first-order chi connectivity index (χ1) is 24.4. The Balaban J connectivity index is 3.72. The predicted molar refractivity (Wildman–Crippen MR) is 210 cm³/mol. The fraction of sp³-hybridized carbons (Fsp3) is 0.750. The molecule has 0 spiro atoms. The Hall–Kier alpha value is -2.47.